The van der Waals surface area contributed by atoms with Gasteiger partial charge >= 0.3 is 0 Å². The Morgan fingerprint density at radius 2 is 1.34 bits per heavy atom. The lowest BCUT2D eigenvalue weighted by molar-refractivity contribution is -0.153. The van der Waals surface area contributed by atoms with E-state index in [2.05, 4.69) is 10.2 Å². The highest BCUT2D eigenvalue weighted by Gasteiger charge is 2.34. The molecule has 2 amide bonds. The van der Waals surface area contributed by atoms with E-state index >= 15 is 0 Å². The van der Waals surface area contributed by atoms with Crippen LogP contribution in [0.5, 0.6) is 11.5 Å². The van der Waals surface area contributed by atoms with Crippen LogP contribution in [0.4, 0.5) is 5.69 Å². The van der Waals surface area contributed by atoms with Crippen LogP contribution in [0.2, 0.25) is 0 Å². The van der Waals surface area contributed by atoms with Gasteiger partial charge in [0.25, 0.3) is 11.8 Å². The molecular weight excluding hydrogens is 518 g/mol. The highest BCUT2D eigenvalue weighted by molar-refractivity contribution is 5.90. The molecule has 5 rings (SSSR count). The summed E-state index contributed by atoms with van der Waals surface area (Å²) in [7, 11) is 0. The van der Waals surface area contributed by atoms with Crippen LogP contribution in [0.15, 0.2) is 109 Å². The highest BCUT2D eigenvalue weighted by atomic mass is 16.5. The predicted octanol–water partition coefficient (Wildman–Crippen LogP) is 3.83. The standard InChI is InChI=1S/C33H33N3O5/c37-30(31(38)33(40)36-20-18-35(19-21-36)27-11-5-2-6-12-27)32(39)34-23-24-14-16-28(17-15-24)41-29-13-7-10-26(22-29)25-8-3-1-4-9-25/h1-17,22,30-31,37-38H,18-21,23H2,(H,34,39)/t30-,31-/m1/s1. The molecule has 0 unspecified atom stereocenters. The van der Waals surface area contributed by atoms with E-state index in [0.717, 1.165) is 22.4 Å². The Labute approximate surface area is 239 Å². The SMILES string of the molecule is O=C(NCc1ccc(Oc2cccc(-c3ccccc3)c2)cc1)[C@H](O)[C@@H](O)C(=O)N1CCN(c2ccccc2)CC1. The molecule has 0 aromatic heterocycles. The lowest BCUT2D eigenvalue weighted by Crippen LogP contribution is -2.55. The van der Waals surface area contributed by atoms with E-state index in [-0.39, 0.29) is 6.54 Å². The smallest absolute Gasteiger partial charge is 0.254 e. The Hall–Kier alpha value is -4.66. The third-order valence-electron chi connectivity index (χ3n) is 7.10. The van der Waals surface area contributed by atoms with E-state index < -0.39 is 24.0 Å². The maximum absolute atomic E-state index is 12.8. The van der Waals surface area contributed by atoms with E-state index in [9.17, 15) is 19.8 Å². The molecule has 0 radical (unpaired) electrons. The number of carbonyl (C=O) groups is 2. The molecule has 210 valence electrons. The maximum Gasteiger partial charge on any atom is 0.254 e. The van der Waals surface area contributed by atoms with Crippen molar-refractivity contribution in [2.75, 3.05) is 31.1 Å². The second-order valence-electron chi connectivity index (χ2n) is 9.90. The van der Waals surface area contributed by atoms with Crippen molar-refractivity contribution in [1.82, 2.24) is 10.2 Å². The number of amides is 2. The first-order valence-electron chi connectivity index (χ1n) is 13.6. The fraction of sp³-hybridized carbons (Fsp3) is 0.212. The van der Waals surface area contributed by atoms with Crippen LogP contribution in [0, 0.1) is 0 Å². The van der Waals surface area contributed by atoms with E-state index in [0.29, 0.717) is 37.7 Å². The first-order chi connectivity index (χ1) is 20.0. The fourth-order valence-electron chi connectivity index (χ4n) is 4.76. The van der Waals surface area contributed by atoms with Gasteiger partial charge in [0.15, 0.2) is 12.2 Å². The number of rotatable bonds is 9. The van der Waals surface area contributed by atoms with Gasteiger partial charge in [-0.05, 0) is 53.1 Å². The molecule has 0 aliphatic carbocycles. The minimum atomic E-state index is -1.87. The van der Waals surface area contributed by atoms with Crippen LogP contribution in [-0.4, -0.2) is 65.3 Å². The summed E-state index contributed by atoms with van der Waals surface area (Å²) in [6.07, 6.45) is -3.70. The molecule has 0 saturated carbocycles. The lowest BCUT2D eigenvalue weighted by Gasteiger charge is -2.37. The zero-order valence-electron chi connectivity index (χ0n) is 22.6. The summed E-state index contributed by atoms with van der Waals surface area (Å²) in [4.78, 5) is 28.9. The average molecular weight is 552 g/mol. The topological polar surface area (TPSA) is 102 Å². The Kier molecular flexibility index (Phi) is 8.93. The molecule has 4 aromatic rings. The first-order valence-corrected chi connectivity index (χ1v) is 13.6. The summed E-state index contributed by atoms with van der Waals surface area (Å²) in [5.41, 5.74) is 3.99. The summed E-state index contributed by atoms with van der Waals surface area (Å²) in [5.74, 6) is -0.126. The van der Waals surface area contributed by atoms with E-state index in [1.54, 1.807) is 24.3 Å². The molecule has 8 nitrogen and oxygen atoms in total. The molecule has 1 aliphatic heterocycles. The minimum Gasteiger partial charge on any atom is -0.457 e. The van der Waals surface area contributed by atoms with Gasteiger partial charge in [-0.25, -0.2) is 0 Å². The predicted molar refractivity (Wildman–Crippen MR) is 157 cm³/mol. The molecule has 2 atom stereocenters. The number of para-hydroxylation sites is 1. The fourth-order valence-corrected chi connectivity index (χ4v) is 4.76. The van der Waals surface area contributed by atoms with Gasteiger partial charge in [-0.3, -0.25) is 9.59 Å². The number of aliphatic hydroxyl groups is 2. The Bertz CT molecular complexity index is 1440. The molecule has 1 aliphatic rings. The van der Waals surface area contributed by atoms with Crippen LogP contribution in [0.1, 0.15) is 5.56 Å². The van der Waals surface area contributed by atoms with Gasteiger partial charge in [0.05, 0.1) is 0 Å². The molecule has 1 saturated heterocycles. The number of aliphatic hydroxyl groups excluding tert-OH is 2. The van der Waals surface area contributed by atoms with Crippen LogP contribution in [0.3, 0.4) is 0 Å². The third-order valence-corrected chi connectivity index (χ3v) is 7.10. The van der Waals surface area contributed by atoms with Gasteiger partial charge in [-0.2, -0.15) is 0 Å². The number of anilines is 1. The summed E-state index contributed by atoms with van der Waals surface area (Å²) < 4.78 is 6.00. The van der Waals surface area contributed by atoms with Gasteiger partial charge in [0, 0.05) is 38.4 Å². The highest BCUT2D eigenvalue weighted by Crippen LogP contribution is 2.27. The molecule has 3 N–H and O–H groups in total. The van der Waals surface area contributed by atoms with Crippen molar-refractivity contribution in [1.29, 1.82) is 0 Å². The van der Waals surface area contributed by atoms with Crippen molar-refractivity contribution in [2.45, 2.75) is 18.8 Å². The summed E-state index contributed by atoms with van der Waals surface area (Å²) >= 11 is 0. The van der Waals surface area contributed by atoms with Crippen LogP contribution in [-0.2, 0) is 16.1 Å². The molecule has 41 heavy (non-hydrogen) atoms. The quantitative estimate of drug-likeness (QED) is 0.292. The zero-order valence-corrected chi connectivity index (χ0v) is 22.6. The summed E-state index contributed by atoms with van der Waals surface area (Å²) in [6.45, 7) is 2.11. The summed E-state index contributed by atoms with van der Waals surface area (Å²) in [5, 5.41) is 23.4. The van der Waals surface area contributed by atoms with Gasteiger partial charge in [0.1, 0.15) is 11.5 Å². The van der Waals surface area contributed by atoms with Crippen molar-refractivity contribution < 1.29 is 24.5 Å². The molecule has 1 fully saturated rings. The van der Waals surface area contributed by atoms with Crippen molar-refractivity contribution in [3.8, 4) is 22.6 Å². The minimum absolute atomic E-state index is 0.121. The number of hydrogen-bond donors (Lipinski definition) is 3. The van der Waals surface area contributed by atoms with Gasteiger partial charge in [-0.1, -0.05) is 72.8 Å². The third kappa shape index (κ3) is 7.11. The lowest BCUT2D eigenvalue weighted by atomic mass is 10.1. The molecule has 8 heteroatoms. The Morgan fingerprint density at radius 1 is 0.707 bits per heavy atom. The zero-order chi connectivity index (χ0) is 28.6. The molecule has 0 bridgehead atoms. The normalized spacial score (nSPS) is 14.7. The Morgan fingerprint density at radius 3 is 2.02 bits per heavy atom. The average Bonchev–Trinajstić information content (AvgIpc) is 3.04. The monoisotopic (exact) mass is 551 g/mol. The second kappa shape index (κ2) is 13.1. The van der Waals surface area contributed by atoms with Crippen molar-refractivity contribution in [2.24, 2.45) is 0 Å². The number of benzene rings is 4. The molecule has 0 spiro atoms. The van der Waals surface area contributed by atoms with E-state index in [1.165, 1.54) is 4.90 Å². The molecule has 4 aromatic carbocycles. The summed E-state index contributed by atoms with van der Waals surface area (Å²) in [6, 6.07) is 34.9. The van der Waals surface area contributed by atoms with Gasteiger partial charge < -0.3 is 30.1 Å². The number of hydrogen-bond acceptors (Lipinski definition) is 6. The van der Waals surface area contributed by atoms with Gasteiger partial charge in [0.2, 0.25) is 0 Å². The number of piperazine rings is 1. The number of nitrogens with zero attached hydrogens (tertiary/aromatic N) is 2. The van der Waals surface area contributed by atoms with E-state index in [4.69, 9.17) is 4.74 Å². The molecule has 1 heterocycles. The van der Waals surface area contributed by atoms with Gasteiger partial charge in [-0.15, -0.1) is 0 Å². The van der Waals surface area contributed by atoms with Crippen molar-refractivity contribution in [3.63, 3.8) is 0 Å². The largest absolute Gasteiger partial charge is 0.457 e. The van der Waals surface area contributed by atoms with Crippen LogP contribution < -0.4 is 15.0 Å². The van der Waals surface area contributed by atoms with E-state index in [1.807, 2.05) is 84.9 Å². The number of carbonyl (C=O) groups excluding carboxylic acids is 2. The van der Waals surface area contributed by atoms with Crippen LogP contribution >= 0.6 is 0 Å². The maximum atomic E-state index is 12.8. The van der Waals surface area contributed by atoms with Crippen molar-refractivity contribution in [3.05, 3.63) is 115 Å². The molecular formula is C33H33N3O5. The van der Waals surface area contributed by atoms with Crippen molar-refractivity contribution >= 4 is 17.5 Å². The van der Waals surface area contributed by atoms with Crippen LogP contribution in [0.25, 0.3) is 11.1 Å². The first kappa shape index (κ1) is 27.9. The number of nitrogens with one attached hydrogen (secondary N) is 1. The second-order valence-corrected chi connectivity index (χ2v) is 9.90. The number of ether oxygens (including phenoxy) is 1. The Balaban J connectivity index is 1.09.